The molecule has 0 aliphatic carbocycles. The van der Waals surface area contributed by atoms with Crippen molar-refractivity contribution in [1.82, 2.24) is 0 Å². The molecule has 1 aromatic rings. The summed E-state index contributed by atoms with van der Waals surface area (Å²) in [4.78, 5) is 0. The highest BCUT2D eigenvalue weighted by Crippen LogP contribution is 2.41. The lowest BCUT2D eigenvalue weighted by Crippen LogP contribution is -2.26. The lowest BCUT2D eigenvalue weighted by atomic mass is 9.82. The average Bonchev–Trinajstić information content (AvgIpc) is 2.61. The molecule has 1 aliphatic heterocycles. The Kier molecular flexibility index (Phi) is 3.01. The second-order valence-corrected chi connectivity index (χ2v) is 6.34. The first-order valence-electron chi connectivity index (χ1n) is 5.60. The van der Waals surface area contributed by atoms with Gasteiger partial charge in [0.05, 0.1) is 6.61 Å². The zero-order valence-corrected chi connectivity index (χ0v) is 11.6. The van der Waals surface area contributed by atoms with Gasteiger partial charge in [0.2, 0.25) is 0 Å². The Bertz CT molecular complexity index is 409. The molecule has 0 fully saturated rings. The van der Waals surface area contributed by atoms with Crippen LogP contribution in [0.15, 0.2) is 16.6 Å². The molecule has 0 spiro atoms. The van der Waals surface area contributed by atoms with Crippen molar-refractivity contribution in [1.29, 1.82) is 0 Å². The van der Waals surface area contributed by atoms with Crippen molar-refractivity contribution in [3.8, 4) is 5.75 Å². The molecular formula is C13H18BrNO. The minimum atomic E-state index is -0.00292. The highest BCUT2D eigenvalue weighted by Gasteiger charge is 2.28. The third kappa shape index (κ3) is 2.11. The average molecular weight is 284 g/mol. The van der Waals surface area contributed by atoms with E-state index in [4.69, 9.17) is 10.5 Å². The van der Waals surface area contributed by atoms with Crippen LogP contribution in [-0.2, 0) is 6.42 Å². The number of nitrogens with two attached hydrogens (primary N) is 1. The zero-order valence-electron chi connectivity index (χ0n) is 10.0. The van der Waals surface area contributed by atoms with Crippen LogP contribution in [0.4, 0.5) is 0 Å². The number of hydrogen-bond donors (Lipinski definition) is 1. The molecule has 2 rings (SSSR count). The van der Waals surface area contributed by atoms with Crippen LogP contribution in [0.1, 0.15) is 37.9 Å². The topological polar surface area (TPSA) is 35.2 Å². The molecule has 88 valence electrons. The first-order chi connectivity index (χ1) is 7.39. The van der Waals surface area contributed by atoms with Crippen LogP contribution < -0.4 is 10.5 Å². The monoisotopic (exact) mass is 283 g/mol. The Morgan fingerprint density at radius 2 is 2.06 bits per heavy atom. The van der Waals surface area contributed by atoms with E-state index in [1.807, 2.05) is 0 Å². The largest absolute Gasteiger partial charge is 0.493 e. The van der Waals surface area contributed by atoms with Gasteiger partial charge in [-0.2, -0.15) is 0 Å². The maximum absolute atomic E-state index is 6.31. The van der Waals surface area contributed by atoms with E-state index in [0.29, 0.717) is 0 Å². The van der Waals surface area contributed by atoms with Gasteiger partial charge < -0.3 is 10.5 Å². The summed E-state index contributed by atoms with van der Waals surface area (Å²) in [6.45, 7) is 7.23. The molecule has 3 heteroatoms. The van der Waals surface area contributed by atoms with Gasteiger partial charge in [-0.25, -0.2) is 0 Å². The lowest BCUT2D eigenvalue weighted by Gasteiger charge is -2.28. The third-order valence-corrected chi connectivity index (χ3v) is 3.50. The molecule has 0 radical (unpaired) electrons. The molecule has 1 atom stereocenters. The summed E-state index contributed by atoms with van der Waals surface area (Å²) in [5.41, 5.74) is 8.74. The molecule has 1 unspecified atom stereocenters. The number of benzene rings is 1. The molecule has 0 saturated heterocycles. The minimum Gasteiger partial charge on any atom is -0.493 e. The SMILES string of the molecule is CC(C)(C)C(N)c1cc(Br)cc2c1OCC2. The predicted molar refractivity (Wildman–Crippen MR) is 69.7 cm³/mol. The quantitative estimate of drug-likeness (QED) is 0.857. The van der Waals surface area contributed by atoms with Crippen molar-refractivity contribution in [2.45, 2.75) is 33.2 Å². The van der Waals surface area contributed by atoms with Gasteiger partial charge in [-0.15, -0.1) is 0 Å². The van der Waals surface area contributed by atoms with Gasteiger partial charge in [0, 0.05) is 22.5 Å². The van der Waals surface area contributed by atoms with Crippen LogP contribution in [0.5, 0.6) is 5.75 Å². The van der Waals surface area contributed by atoms with E-state index >= 15 is 0 Å². The van der Waals surface area contributed by atoms with Crippen LogP contribution >= 0.6 is 15.9 Å². The van der Waals surface area contributed by atoms with Crippen LogP contribution in [0.25, 0.3) is 0 Å². The van der Waals surface area contributed by atoms with Crippen molar-refractivity contribution < 1.29 is 4.74 Å². The lowest BCUT2D eigenvalue weighted by molar-refractivity contribution is 0.306. The van der Waals surface area contributed by atoms with Crippen LogP contribution in [0.3, 0.4) is 0 Å². The van der Waals surface area contributed by atoms with Gasteiger partial charge in [-0.3, -0.25) is 0 Å². The summed E-state index contributed by atoms with van der Waals surface area (Å²) in [6.07, 6.45) is 0.985. The molecule has 2 nitrogen and oxygen atoms in total. The van der Waals surface area contributed by atoms with E-state index in [-0.39, 0.29) is 11.5 Å². The number of hydrogen-bond acceptors (Lipinski definition) is 2. The first kappa shape index (κ1) is 11.9. The van der Waals surface area contributed by atoms with Gasteiger partial charge in [-0.05, 0) is 23.1 Å². The summed E-state index contributed by atoms with van der Waals surface area (Å²) in [5, 5.41) is 0. The summed E-state index contributed by atoms with van der Waals surface area (Å²) in [5.74, 6) is 1.01. The Morgan fingerprint density at radius 1 is 1.38 bits per heavy atom. The third-order valence-electron chi connectivity index (χ3n) is 3.05. The zero-order chi connectivity index (χ0) is 11.9. The van der Waals surface area contributed by atoms with E-state index in [0.717, 1.165) is 28.8 Å². The van der Waals surface area contributed by atoms with Crippen molar-refractivity contribution >= 4 is 15.9 Å². The Balaban J connectivity index is 2.49. The molecule has 1 heterocycles. The molecule has 16 heavy (non-hydrogen) atoms. The Labute approximate surface area is 105 Å². The fraction of sp³-hybridized carbons (Fsp3) is 0.538. The second-order valence-electron chi connectivity index (χ2n) is 5.43. The van der Waals surface area contributed by atoms with E-state index in [9.17, 15) is 0 Å². The molecular weight excluding hydrogens is 266 g/mol. The maximum Gasteiger partial charge on any atom is 0.127 e. The van der Waals surface area contributed by atoms with E-state index in [1.165, 1.54) is 5.56 Å². The molecule has 2 N–H and O–H groups in total. The van der Waals surface area contributed by atoms with Gasteiger partial charge in [-0.1, -0.05) is 36.7 Å². The fourth-order valence-corrected chi connectivity index (χ4v) is 2.52. The molecule has 0 saturated carbocycles. The predicted octanol–water partition coefficient (Wildman–Crippen LogP) is 3.43. The normalized spacial score (nSPS) is 16.8. The van der Waals surface area contributed by atoms with Crippen molar-refractivity contribution in [2.75, 3.05) is 6.61 Å². The standard InChI is InChI=1S/C13H18BrNO/c1-13(2,3)12(15)10-7-9(14)6-8-4-5-16-11(8)10/h6-7,12H,4-5,15H2,1-3H3. The van der Waals surface area contributed by atoms with Gasteiger partial charge >= 0.3 is 0 Å². The molecule has 1 aromatic carbocycles. The van der Waals surface area contributed by atoms with Gasteiger partial charge in [0.25, 0.3) is 0 Å². The van der Waals surface area contributed by atoms with E-state index in [1.54, 1.807) is 0 Å². The molecule has 0 amide bonds. The smallest absolute Gasteiger partial charge is 0.127 e. The highest BCUT2D eigenvalue weighted by atomic mass is 79.9. The summed E-state index contributed by atoms with van der Waals surface area (Å²) in [7, 11) is 0. The molecule has 0 aromatic heterocycles. The number of ether oxygens (including phenoxy) is 1. The number of halogens is 1. The number of rotatable bonds is 1. The highest BCUT2D eigenvalue weighted by molar-refractivity contribution is 9.10. The Morgan fingerprint density at radius 3 is 2.69 bits per heavy atom. The van der Waals surface area contributed by atoms with Gasteiger partial charge in [0.15, 0.2) is 0 Å². The summed E-state index contributed by atoms with van der Waals surface area (Å²) in [6, 6.07) is 4.21. The van der Waals surface area contributed by atoms with Crippen molar-refractivity contribution in [2.24, 2.45) is 11.1 Å². The van der Waals surface area contributed by atoms with Crippen LogP contribution in [0, 0.1) is 5.41 Å². The fourth-order valence-electron chi connectivity index (χ4n) is 2.00. The molecule has 1 aliphatic rings. The summed E-state index contributed by atoms with van der Waals surface area (Å²) >= 11 is 3.54. The first-order valence-corrected chi connectivity index (χ1v) is 6.39. The molecule has 0 bridgehead atoms. The van der Waals surface area contributed by atoms with Gasteiger partial charge in [0.1, 0.15) is 5.75 Å². The van der Waals surface area contributed by atoms with Crippen molar-refractivity contribution in [3.63, 3.8) is 0 Å². The maximum atomic E-state index is 6.31. The second kappa shape index (κ2) is 4.04. The summed E-state index contributed by atoms with van der Waals surface area (Å²) < 4.78 is 6.79. The van der Waals surface area contributed by atoms with Crippen molar-refractivity contribution in [3.05, 3.63) is 27.7 Å². The van der Waals surface area contributed by atoms with Crippen LogP contribution in [0.2, 0.25) is 0 Å². The van der Waals surface area contributed by atoms with Crippen LogP contribution in [-0.4, -0.2) is 6.61 Å². The minimum absolute atomic E-state index is 0.00292. The van der Waals surface area contributed by atoms with E-state index < -0.39 is 0 Å². The Hall–Kier alpha value is -0.540. The van der Waals surface area contributed by atoms with E-state index in [2.05, 4.69) is 48.8 Å². The number of fused-ring (bicyclic) bond motifs is 1.